The van der Waals surface area contributed by atoms with E-state index in [4.69, 9.17) is 0 Å². The van der Waals surface area contributed by atoms with Gasteiger partial charge in [-0.3, -0.25) is 0 Å². The van der Waals surface area contributed by atoms with E-state index in [2.05, 4.69) is 57.6 Å². The van der Waals surface area contributed by atoms with E-state index in [0.29, 0.717) is 0 Å². The molecule has 1 aliphatic carbocycles. The minimum Gasteiger partial charge on any atom is -0.343 e. The SMILES string of the molecule is Ic1cn(C2CC2)c2ccccc12. The Morgan fingerprint density at radius 1 is 1.23 bits per heavy atom. The van der Waals surface area contributed by atoms with E-state index in [1.807, 2.05) is 0 Å². The maximum Gasteiger partial charge on any atom is 0.0493 e. The summed E-state index contributed by atoms with van der Waals surface area (Å²) in [6.45, 7) is 0. The monoisotopic (exact) mass is 283 g/mol. The Morgan fingerprint density at radius 2 is 2.00 bits per heavy atom. The molecule has 66 valence electrons. The summed E-state index contributed by atoms with van der Waals surface area (Å²) in [5, 5.41) is 1.40. The minimum atomic E-state index is 0.786. The zero-order valence-corrected chi connectivity index (χ0v) is 9.36. The Morgan fingerprint density at radius 3 is 2.77 bits per heavy atom. The first-order valence-corrected chi connectivity index (χ1v) is 5.69. The first-order chi connectivity index (χ1) is 6.36. The number of hydrogen-bond donors (Lipinski definition) is 0. The van der Waals surface area contributed by atoms with E-state index in [9.17, 15) is 0 Å². The topological polar surface area (TPSA) is 4.93 Å². The Hall–Kier alpha value is -0.510. The van der Waals surface area contributed by atoms with Crippen molar-refractivity contribution in [2.24, 2.45) is 0 Å². The summed E-state index contributed by atoms with van der Waals surface area (Å²) in [5.74, 6) is 0. The lowest BCUT2D eigenvalue weighted by Gasteiger charge is -2.00. The zero-order valence-electron chi connectivity index (χ0n) is 7.20. The van der Waals surface area contributed by atoms with Gasteiger partial charge in [0.05, 0.1) is 0 Å². The summed E-state index contributed by atoms with van der Waals surface area (Å²) in [5.41, 5.74) is 1.40. The molecule has 1 aromatic carbocycles. The molecule has 1 saturated carbocycles. The molecule has 0 aliphatic heterocycles. The van der Waals surface area contributed by atoms with Gasteiger partial charge in [-0.2, -0.15) is 0 Å². The predicted molar refractivity (Wildman–Crippen MR) is 62.9 cm³/mol. The molecule has 0 radical (unpaired) electrons. The third-order valence-corrected chi connectivity index (χ3v) is 3.49. The summed E-state index contributed by atoms with van der Waals surface area (Å²) >= 11 is 2.42. The first kappa shape index (κ1) is 7.85. The minimum absolute atomic E-state index is 0.786. The fourth-order valence-electron chi connectivity index (χ4n) is 1.82. The van der Waals surface area contributed by atoms with Crippen molar-refractivity contribution in [2.75, 3.05) is 0 Å². The molecule has 2 aromatic rings. The molecule has 13 heavy (non-hydrogen) atoms. The number of aromatic nitrogens is 1. The van der Waals surface area contributed by atoms with E-state index in [1.54, 1.807) is 0 Å². The van der Waals surface area contributed by atoms with Crippen LogP contribution in [-0.2, 0) is 0 Å². The summed E-state index contributed by atoms with van der Waals surface area (Å²) < 4.78 is 3.80. The van der Waals surface area contributed by atoms with Crippen LogP contribution in [0.15, 0.2) is 30.5 Å². The van der Waals surface area contributed by atoms with E-state index in [0.717, 1.165) is 6.04 Å². The second-order valence-electron chi connectivity index (χ2n) is 3.63. The van der Waals surface area contributed by atoms with E-state index in [-0.39, 0.29) is 0 Å². The largest absolute Gasteiger partial charge is 0.343 e. The lowest BCUT2D eigenvalue weighted by Crippen LogP contribution is -1.89. The van der Waals surface area contributed by atoms with Crippen LogP contribution in [0.3, 0.4) is 0 Å². The zero-order chi connectivity index (χ0) is 8.84. The Bertz CT molecular complexity index is 454. The van der Waals surface area contributed by atoms with Gasteiger partial charge in [-0.1, -0.05) is 18.2 Å². The van der Waals surface area contributed by atoms with Crippen molar-refractivity contribution in [3.8, 4) is 0 Å². The Kier molecular flexibility index (Phi) is 1.65. The highest BCUT2D eigenvalue weighted by Gasteiger charge is 2.24. The van der Waals surface area contributed by atoms with Crippen LogP contribution in [0, 0.1) is 3.57 Å². The van der Waals surface area contributed by atoms with Crippen molar-refractivity contribution in [1.82, 2.24) is 4.57 Å². The number of para-hydroxylation sites is 1. The lowest BCUT2D eigenvalue weighted by molar-refractivity contribution is 0.774. The van der Waals surface area contributed by atoms with Gasteiger partial charge in [0, 0.05) is 26.7 Å². The third-order valence-electron chi connectivity index (χ3n) is 2.63. The molecule has 0 saturated heterocycles. The van der Waals surface area contributed by atoms with Crippen LogP contribution < -0.4 is 0 Å². The van der Waals surface area contributed by atoms with Crippen molar-refractivity contribution < 1.29 is 0 Å². The number of rotatable bonds is 1. The molecule has 3 rings (SSSR count). The normalized spacial score (nSPS) is 16.7. The van der Waals surface area contributed by atoms with Gasteiger partial charge in [0.15, 0.2) is 0 Å². The highest BCUT2D eigenvalue weighted by molar-refractivity contribution is 14.1. The van der Waals surface area contributed by atoms with Crippen LogP contribution >= 0.6 is 22.6 Å². The van der Waals surface area contributed by atoms with E-state index >= 15 is 0 Å². The molecular formula is C11H10IN. The molecular weight excluding hydrogens is 273 g/mol. The summed E-state index contributed by atoms with van der Waals surface area (Å²) in [7, 11) is 0. The van der Waals surface area contributed by atoms with Gasteiger partial charge in [0.1, 0.15) is 0 Å². The first-order valence-electron chi connectivity index (χ1n) is 4.61. The highest BCUT2D eigenvalue weighted by Crippen LogP contribution is 2.38. The van der Waals surface area contributed by atoms with Crippen molar-refractivity contribution in [3.05, 3.63) is 34.0 Å². The number of halogens is 1. The molecule has 1 heterocycles. The Labute approximate surface area is 90.9 Å². The summed E-state index contributed by atoms with van der Waals surface area (Å²) in [6.07, 6.45) is 4.99. The van der Waals surface area contributed by atoms with Crippen LogP contribution in [0.2, 0.25) is 0 Å². The molecule has 0 amide bonds. The van der Waals surface area contributed by atoms with Crippen molar-refractivity contribution in [2.45, 2.75) is 18.9 Å². The van der Waals surface area contributed by atoms with Gasteiger partial charge in [0.2, 0.25) is 0 Å². The Balaban J connectivity index is 2.34. The van der Waals surface area contributed by atoms with Crippen LogP contribution in [0.5, 0.6) is 0 Å². The number of fused-ring (bicyclic) bond motifs is 1. The fraction of sp³-hybridized carbons (Fsp3) is 0.273. The van der Waals surface area contributed by atoms with Gasteiger partial charge >= 0.3 is 0 Å². The molecule has 0 atom stereocenters. The standard InChI is InChI=1S/C11H10IN/c12-10-7-13(8-5-6-8)11-4-2-1-3-9(10)11/h1-4,7-8H,5-6H2. The van der Waals surface area contributed by atoms with Gasteiger partial charge in [-0.05, 0) is 41.5 Å². The van der Waals surface area contributed by atoms with E-state index in [1.165, 1.54) is 27.3 Å². The summed E-state index contributed by atoms with van der Waals surface area (Å²) in [6, 6.07) is 9.44. The quantitative estimate of drug-likeness (QED) is 0.705. The molecule has 0 unspecified atom stereocenters. The van der Waals surface area contributed by atoms with Crippen LogP contribution in [0.1, 0.15) is 18.9 Å². The second-order valence-corrected chi connectivity index (χ2v) is 4.79. The molecule has 1 fully saturated rings. The molecule has 1 aliphatic rings. The van der Waals surface area contributed by atoms with Gasteiger partial charge < -0.3 is 4.57 Å². The van der Waals surface area contributed by atoms with E-state index < -0.39 is 0 Å². The molecule has 1 aromatic heterocycles. The summed E-state index contributed by atoms with van der Waals surface area (Å²) in [4.78, 5) is 0. The predicted octanol–water partition coefficient (Wildman–Crippen LogP) is 3.58. The van der Waals surface area contributed by atoms with Crippen molar-refractivity contribution >= 4 is 33.5 Å². The van der Waals surface area contributed by atoms with Crippen molar-refractivity contribution in [1.29, 1.82) is 0 Å². The molecule has 0 bridgehead atoms. The maximum atomic E-state index is 2.43. The second kappa shape index (κ2) is 2.74. The average molecular weight is 283 g/mol. The van der Waals surface area contributed by atoms with Crippen LogP contribution in [-0.4, -0.2) is 4.57 Å². The van der Waals surface area contributed by atoms with Crippen LogP contribution in [0.4, 0.5) is 0 Å². The smallest absolute Gasteiger partial charge is 0.0493 e. The number of nitrogens with zero attached hydrogens (tertiary/aromatic N) is 1. The van der Waals surface area contributed by atoms with Crippen molar-refractivity contribution in [3.63, 3.8) is 0 Å². The number of benzene rings is 1. The van der Waals surface area contributed by atoms with Gasteiger partial charge in [0.25, 0.3) is 0 Å². The molecule has 1 nitrogen and oxygen atoms in total. The third kappa shape index (κ3) is 1.19. The van der Waals surface area contributed by atoms with Gasteiger partial charge in [-0.25, -0.2) is 0 Å². The average Bonchev–Trinajstić information content (AvgIpc) is 2.94. The lowest BCUT2D eigenvalue weighted by atomic mass is 10.2. The highest BCUT2D eigenvalue weighted by atomic mass is 127. The molecule has 0 spiro atoms. The van der Waals surface area contributed by atoms with Crippen LogP contribution in [0.25, 0.3) is 10.9 Å². The van der Waals surface area contributed by atoms with Gasteiger partial charge in [-0.15, -0.1) is 0 Å². The number of hydrogen-bond acceptors (Lipinski definition) is 0. The fourth-order valence-corrected chi connectivity index (χ4v) is 2.57. The molecule has 2 heteroatoms. The molecule has 0 N–H and O–H groups in total. The maximum absolute atomic E-state index is 2.43.